The molecule has 2 saturated heterocycles. The molecule has 2 aliphatic heterocycles. The van der Waals surface area contributed by atoms with Crippen molar-refractivity contribution in [2.75, 3.05) is 45.9 Å². The first-order valence-corrected chi connectivity index (χ1v) is 9.46. The van der Waals surface area contributed by atoms with Crippen molar-refractivity contribution in [3.63, 3.8) is 0 Å². The molecular formula is C20H30N2O3. The van der Waals surface area contributed by atoms with E-state index in [4.69, 9.17) is 9.47 Å². The number of nitrogens with zero attached hydrogens (tertiary/aromatic N) is 2. The Morgan fingerprint density at radius 2 is 1.76 bits per heavy atom. The van der Waals surface area contributed by atoms with Gasteiger partial charge in [0.25, 0.3) is 0 Å². The highest BCUT2D eigenvalue weighted by Gasteiger charge is 2.20. The van der Waals surface area contributed by atoms with Crippen LogP contribution in [-0.4, -0.2) is 67.6 Å². The Kier molecular flexibility index (Phi) is 6.84. The quantitative estimate of drug-likeness (QED) is 0.758. The number of carbonyl (C=O) groups is 1. The normalized spacial score (nSPS) is 20.5. The summed E-state index contributed by atoms with van der Waals surface area (Å²) in [6, 6.07) is 8.54. The van der Waals surface area contributed by atoms with Gasteiger partial charge in [0, 0.05) is 45.7 Å². The standard InChI is InChI=1S/C20H30N2O3/c1-17(23)6-9-21-10-7-20(8-11-21)25-19-4-2-18(3-5-19)16-22-12-14-24-15-13-22/h2-5,20H,6-16H2,1H3. The molecule has 5 nitrogen and oxygen atoms in total. The number of benzene rings is 1. The monoisotopic (exact) mass is 346 g/mol. The maximum Gasteiger partial charge on any atom is 0.131 e. The number of ketones is 1. The van der Waals surface area contributed by atoms with E-state index in [0.717, 1.165) is 71.1 Å². The zero-order valence-electron chi connectivity index (χ0n) is 15.3. The second-order valence-corrected chi connectivity index (χ2v) is 7.14. The van der Waals surface area contributed by atoms with Crippen LogP contribution in [0.15, 0.2) is 24.3 Å². The fraction of sp³-hybridized carbons (Fsp3) is 0.650. The van der Waals surface area contributed by atoms with Gasteiger partial charge in [-0.15, -0.1) is 0 Å². The van der Waals surface area contributed by atoms with Crippen molar-refractivity contribution in [1.29, 1.82) is 0 Å². The Bertz CT molecular complexity index is 532. The number of likely N-dealkylation sites (tertiary alicyclic amines) is 1. The number of carbonyl (C=O) groups excluding carboxylic acids is 1. The molecule has 0 N–H and O–H groups in total. The fourth-order valence-corrected chi connectivity index (χ4v) is 3.45. The van der Waals surface area contributed by atoms with Crippen LogP contribution >= 0.6 is 0 Å². The van der Waals surface area contributed by atoms with Crippen LogP contribution in [0.2, 0.25) is 0 Å². The van der Waals surface area contributed by atoms with E-state index in [1.807, 2.05) is 0 Å². The zero-order chi connectivity index (χ0) is 17.5. The summed E-state index contributed by atoms with van der Waals surface area (Å²) in [5.41, 5.74) is 1.33. The summed E-state index contributed by atoms with van der Waals surface area (Å²) in [5.74, 6) is 1.24. The van der Waals surface area contributed by atoms with Crippen LogP contribution in [0.3, 0.4) is 0 Å². The maximum atomic E-state index is 11.1. The third kappa shape index (κ3) is 6.10. The summed E-state index contributed by atoms with van der Waals surface area (Å²) in [6.45, 7) is 9.29. The van der Waals surface area contributed by atoms with Gasteiger partial charge in [0.15, 0.2) is 0 Å². The minimum atomic E-state index is 0.274. The lowest BCUT2D eigenvalue weighted by atomic mass is 10.1. The van der Waals surface area contributed by atoms with Gasteiger partial charge in [-0.25, -0.2) is 0 Å². The van der Waals surface area contributed by atoms with Gasteiger partial charge in [-0.05, 0) is 37.5 Å². The molecule has 1 aromatic carbocycles. The smallest absolute Gasteiger partial charge is 0.131 e. The van der Waals surface area contributed by atoms with E-state index in [9.17, 15) is 4.79 Å². The van der Waals surface area contributed by atoms with E-state index in [2.05, 4.69) is 34.1 Å². The molecule has 25 heavy (non-hydrogen) atoms. The molecular weight excluding hydrogens is 316 g/mol. The predicted molar refractivity (Wildman–Crippen MR) is 97.9 cm³/mol. The lowest BCUT2D eigenvalue weighted by Gasteiger charge is -2.32. The van der Waals surface area contributed by atoms with E-state index < -0.39 is 0 Å². The molecule has 0 unspecified atom stereocenters. The van der Waals surface area contributed by atoms with E-state index >= 15 is 0 Å². The van der Waals surface area contributed by atoms with Gasteiger partial charge in [-0.3, -0.25) is 9.69 Å². The molecule has 2 heterocycles. The molecule has 0 aliphatic carbocycles. The molecule has 1 aromatic rings. The Balaban J connectivity index is 1.40. The molecule has 0 bridgehead atoms. The number of Topliss-reactive ketones (excluding diaryl/α,β-unsaturated/α-hetero) is 1. The molecule has 0 radical (unpaired) electrons. The Morgan fingerprint density at radius 3 is 2.40 bits per heavy atom. The largest absolute Gasteiger partial charge is 0.490 e. The summed E-state index contributed by atoms with van der Waals surface area (Å²) < 4.78 is 11.5. The molecule has 0 spiro atoms. The number of hydrogen-bond acceptors (Lipinski definition) is 5. The zero-order valence-corrected chi connectivity index (χ0v) is 15.3. The summed E-state index contributed by atoms with van der Waals surface area (Å²) >= 11 is 0. The predicted octanol–water partition coefficient (Wildman–Crippen LogP) is 2.34. The van der Waals surface area contributed by atoms with Gasteiger partial charge in [0.1, 0.15) is 17.6 Å². The summed E-state index contributed by atoms with van der Waals surface area (Å²) in [6.07, 6.45) is 3.02. The lowest BCUT2D eigenvalue weighted by molar-refractivity contribution is -0.117. The third-order valence-corrected chi connectivity index (χ3v) is 5.05. The van der Waals surface area contributed by atoms with E-state index in [1.54, 1.807) is 6.92 Å². The topological polar surface area (TPSA) is 42.0 Å². The van der Waals surface area contributed by atoms with Crippen molar-refractivity contribution < 1.29 is 14.3 Å². The number of ether oxygens (including phenoxy) is 2. The number of morpholine rings is 1. The van der Waals surface area contributed by atoms with Crippen molar-refractivity contribution in [1.82, 2.24) is 9.80 Å². The van der Waals surface area contributed by atoms with Crippen molar-refractivity contribution >= 4 is 5.78 Å². The first-order valence-electron chi connectivity index (χ1n) is 9.46. The van der Waals surface area contributed by atoms with E-state index in [1.165, 1.54) is 5.56 Å². The number of hydrogen-bond donors (Lipinski definition) is 0. The average Bonchev–Trinajstić information content (AvgIpc) is 2.64. The molecule has 2 fully saturated rings. The molecule has 2 aliphatic rings. The van der Waals surface area contributed by atoms with Crippen LogP contribution in [0, 0.1) is 0 Å². The first-order chi connectivity index (χ1) is 12.2. The van der Waals surface area contributed by atoms with Crippen LogP contribution in [0.5, 0.6) is 5.75 Å². The molecule has 3 rings (SSSR count). The highest BCUT2D eigenvalue weighted by molar-refractivity contribution is 5.75. The van der Waals surface area contributed by atoms with Crippen molar-refractivity contribution in [2.45, 2.75) is 38.8 Å². The number of rotatable bonds is 7. The fourth-order valence-electron chi connectivity index (χ4n) is 3.45. The van der Waals surface area contributed by atoms with Crippen molar-refractivity contribution in [2.24, 2.45) is 0 Å². The van der Waals surface area contributed by atoms with Gasteiger partial charge in [-0.2, -0.15) is 0 Å². The summed E-state index contributed by atoms with van der Waals surface area (Å²) in [4.78, 5) is 15.9. The minimum absolute atomic E-state index is 0.274. The second-order valence-electron chi connectivity index (χ2n) is 7.14. The van der Waals surface area contributed by atoms with Crippen LogP contribution in [0.4, 0.5) is 0 Å². The third-order valence-electron chi connectivity index (χ3n) is 5.05. The van der Waals surface area contributed by atoms with E-state index in [0.29, 0.717) is 12.5 Å². The lowest BCUT2D eigenvalue weighted by Crippen LogP contribution is -2.39. The molecule has 0 saturated carbocycles. The van der Waals surface area contributed by atoms with Crippen molar-refractivity contribution in [3.05, 3.63) is 29.8 Å². The van der Waals surface area contributed by atoms with Crippen LogP contribution in [-0.2, 0) is 16.1 Å². The molecule has 5 heteroatoms. The molecule has 0 amide bonds. The highest BCUT2D eigenvalue weighted by atomic mass is 16.5. The summed E-state index contributed by atoms with van der Waals surface area (Å²) in [5, 5.41) is 0. The SMILES string of the molecule is CC(=O)CCN1CCC(Oc2ccc(CN3CCOCC3)cc2)CC1. The van der Waals surface area contributed by atoms with Gasteiger partial charge in [-0.1, -0.05) is 12.1 Å². The second kappa shape index (κ2) is 9.32. The van der Waals surface area contributed by atoms with Gasteiger partial charge in [0.05, 0.1) is 13.2 Å². The van der Waals surface area contributed by atoms with E-state index in [-0.39, 0.29) is 5.78 Å². The Hall–Kier alpha value is -1.43. The molecule has 138 valence electrons. The van der Waals surface area contributed by atoms with Gasteiger partial charge in [0.2, 0.25) is 0 Å². The van der Waals surface area contributed by atoms with Gasteiger partial charge < -0.3 is 14.4 Å². The first kappa shape index (κ1) is 18.4. The van der Waals surface area contributed by atoms with Crippen LogP contribution < -0.4 is 4.74 Å². The van der Waals surface area contributed by atoms with Gasteiger partial charge >= 0.3 is 0 Å². The molecule has 0 aromatic heterocycles. The maximum absolute atomic E-state index is 11.1. The summed E-state index contributed by atoms with van der Waals surface area (Å²) in [7, 11) is 0. The average molecular weight is 346 g/mol. The Labute approximate surface area is 150 Å². The van der Waals surface area contributed by atoms with Crippen LogP contribution in [0.1, 0.15) is 31.7 Å². The van der Waals surface area contributed by atoms with Crippen LogP contribution in [0.25, 0.3) is 0 Å². The number of piperidine rings is 1. The Morgan fingerprint density at radius 1 is 1.08 bits per heavy atom. The highest BCUT2D eigenvalue weighted by Crippen LogP contribution is 2.20. The van der Waals surface area contributed by atoms with Crippen molar-refractivity contribution in [3.8, 4) is 5.75 Å². The molecule has 0 atom stereocenters. The minimum Gasteiger partial charge on any atom is -0.490 e.